The Labute approximate surface area is 130 Å². The van der Waals surface area contributed by atoms with Crippen molar-refractivity contribution in [2.45, 2.75) is 25.4 Å². The molecule has 1 unspecified atom stereocenters. The monoisotopic (exact) mass is 348 g/mol. The number of hydrogen-bond acceptors (Lipinski definition) is 3. The Balaban J connectivity index is 0.00000180. The Hall–Kier alpha value is -0.290. The van der Waals surface area contributed by atoms with Crippen LogP contribution < -0.4 is 10.1 Å². The number of hydrogen-bond donors (Lipinski definition) is 1. The molecule has 1 aromatic carbocycles. The molecule has 19 heavy (non-hydrogen) atoms. The summed E-state index contributed by atoms with van der Waals surface area (Å²) in [7, 11) is 3.76. The number of ether oxygens (including phenoxy) is 1. The molecule has 1 aliphatic rings. The highest BCUT2D eigenvalue weighted by molar-refractivity contribution is 9.10. The van der Waals surface area contributed by atoms with Crippen molar-refractivity contribution in [2.24, 2.45) is 0 Å². The van der Waals surface area contributed by atoms with Crippen LogP contribution in [0.25, 0.3) is 0 Å². The Morgan fingerprint density at radius 1 is 1.47 bits per heavy atom. The molecule has 0 spiro atoms. The summed E-state index contributed by atoms with van der Waals surface area (Å²) in [6.45, 7) is 3.22. The predicted octanol–water partition coefficient (Wildman–Crippen LogP) is 3.06. The highest BCUT2D eigenvalue weighted by Gasteiger charge is 2.24. The minimum atomic E-state index is 0. The van der Waals surface area contributed by atoms with Crippen LogP contribution in [0, 0.1) is 0 Å². The lowest BCUT2D eigenvalue weighted by Crippen LogP contribution is -2.36. The molecule has 3 nitrogen and oxygen atoms in total. The highest BCUT2D eigenvalue weighted by atomic mass is 79.9. The summed E-state index contributed by atoms with van der Waals surface area (Å²) in [6, 6.07) is 6.87. The summed E-state index contributed by atoms with van der Waals surface area (Å²) in [5.41, 5.74) is 1.26. The largest absolute Gasteiger partial charge is 0.496 e. The van der Waals surface area contributed by atoms with E-state index in [2.05, 4.69) is 32.2 Å². The number of likely N-dealkylation sites (N-methyl/N-ethyl adjacent to an activating group) is 1. The molecule has 0 amide bonds. The zero-order valence-electron chi connectivity index (χ0n) is 11.5. The van der Waals surface area contributed by atoms with Crippen molar-refractivity contribution in [3.8, 4) is 5.75 Å². The molecule has 1 aliphatic heterocycles. The fourth-order valence-corrected chi connectivity index (χ4v) is 3.07. The highest BCUT2D eigenvalue weighted by Crippen LogP contribution is 2.27. The molecular formula is C14H22BrClN2O. The molecule has 0 aliphatic carbocycles. The van der Waals surface area contributed by atoms with Crippen molar-refractivity contribution in [3.05, 3.63) is 28.2 Å². The van der Waals surface area contributed by atoms with Gasteiger partial charge in [0.15, 0.2) is 0 Å². The summed E-state index contributed by atoms with van der Waals surface area (Å²) >= 11 is 3.53. The maximum atomic E-state index is 5.44. The topological polar surface area (TPSA) is 24.5 Å². The fraction of sp³-hybridized carbons (Fsp3) is 0.571. The van der Waals surface area contributed by atoms with E-state index in [1.807, 2.05) is 19.2 Å². The zero-order valence-corrected chi connectivity index (χ0v) is 13.9. The van der Waals surface area contributed by atoms with Crippen LogP contribution in [0.4, 0.5) is 0 Å². The van der Waals surface area contributed by atoms with Gasteiger partial charge in [0.2, 0.25) is 0 Å². The summed E-state index contributed by atoms with van der Waals surface area (Å²) < 4.78 is 6.56. The van der Waals surface area contributed by atoms with Crippen LogP contribution in [0.1, 0.15) is 18.4 Å². The van der Waals surface area contributed by atoms with Gasteiger partial charge in [-0.25, -0.2) is 0 Å². The van der Waals surface area contributed by atoms with E-state index in [4.69, 9.17) is 4.74 Å². The van der Waals surface area contributed by atoms with Crippen LogP contribution in [-0.4, -0.2) is 38.2 Å². The smallest absolute Gasteiger partial charge is 0.123 e. The molecule has 0 radical (unpaired) electrons. The van der Waals surface area contributed by atoms with Crippen molar-refractivity contribution in [3.63, 3.8) is 0 Å². The van der Waals surface area contributed by atoms with Gasteiger partial charge in [-0.2, -0.15) is 0 Å². The average molecular weight is 350 g/mol. The normalized spacial score (nSPS) is 19.2. The lowest BCUT2D eigenvalue weighted by molar-refractivity contribution is 0.238. The minimum Gasteiger partial charge on any atom is -0.496 e. The Kier molecular flexibility index (Phi) is 7.15. The van der Waals surface area contributed by atoms with Crippen LogP contribution in [0.2, 0.25) is 0 Å². The third-order valence-corrected chi connectivity index (χ3v) is 4.05. The number of benzene rings is 1. The third kappa shape index (κ3) is 4.35. The average Bonchev–Trinajstić information content (AvgIpc) is 2.78. The summed E-state index contributed by atoms with van der Waals surface area (Å²) in [4.78, 5) is 2.54. The fourth-order valence-electron chi connectivity index (χ4n) is 2.66. The summed E-state index contributed by atoms with van der Waals surface area (Å²) in [6.07, 6.45) is 2.58. The number of nitrogens with zero attached hydrogens (tertiary/aromatic N) is 1. The molecule has 5 heteroatoms. The molecule has 1 heterocycles. The van der Waals surface area contributed by atoms with Crippen molar-refractivity contribution in [2.75, 3.05) is 27.2 Å². The second-order valence-electron chi connectivity index (χ2n) is 4.78. The van der Waals surface area contributed by atoms with Gasteiger partial charge in [0.1, 0.15) is 5.75 Å². The van der Waals surface area contributed by atoms with Gasteiger partial charge in [0.25, 0.3) is 0 Å². The number of rotatable bonds is 5. The van der Waals surface area contributed by atoms with Gasteiger partial charge in [-0.1, -0.05) is 15.9 Å². The molecular weight excluding hydrogens is 328 g/mol. The minimum absolute atomic E-state index is 0. The van der Waals surface area contributed by atoms with Crippen LogP contribution in [0.15, 0.2) is 22.7 Å². The molecule has 1 N–H and O–H groups in total. The number of methoxy groups -OCH3 is 1. The molecule has 1 atom stereocenters. The van der Waals surface area contributed by atoms with E-state index < -0.39 is 0 Å². The number of nitrogens with one attached hydrogen (secondary N) is 1. The van der Waals surface area contributed by atoms with E-state index in [1.165, 1.54) is 24.9 Å². The lowest BCUT2D eigenvalue weighted by Gasteiger charge is -2.25. The first kappa shape index (κ1) is 16.8. The van der Waals surface area contributed by atoms with Gasteiger partial charge in [-0.05, 0) is 44.6 Å². The third-order valence-electron chi connectivity index (χ3n) is 3.55. The van der Waals surface area contributed by atoms with Gasteiger partial charge in [0, 0.05) is 29.2 Å². The summed E-state index contributed by atoms with van der Waals surface area (Å²) in [5, 5.41) is 3.28. The first-order chi connectivity index (χ1) is 8.74. The quantitative estimate of drug-likeness (QED) is 0.884. The molecule has 0 bridgehead atoms. The van der Waals surface area contributed by atoms with Gasteiger partial charge in [-0.3, -0.25) is 4.90 Å². The Bertz CT molecular complexity index is 403. The number of halogens is 2. The molecule has 108 valence electrons. The van der Waals surface area contributed by atoms with Gasteiger partial charge in [-0.15, -0.1) is 12.4 Å². The maximum Gasteiger partial charge on any atom is 0.123 e. The first-order valence-electron chi connectivity index (χ1n) is 6.45. The van der Waals surface area contributed by atoms with Crippen LogP contribution >= 0.6 is 28.3 Å². The predicted molar refractivity (Wildman–Crippen MR) is 85.3 cm³/mol. The van der Waals surface area contributed by atoms with Crippen molar-refractivity contribution in [1.82, 2.24) is 10.2 Å². The zero-order chi connectivity index (χ0) is 13.0. The molecule has 2 rings (SSSR count). The molecule has 1 aromatic rings. The molecule has 0 aromatic heterocycles. The Morgan fingerprint density at radius 3 is 2.95 bits per heavy atom. The van der Waals surface area contributed by atoms with E-state index in [9.17, 15) is 0 Å². The van der Waals surface area contributed by atoms with E-state index in [0.717, 1.165) is 23.3 Å². The SMILES string of the molecule is CNCC1CCCN1Cc1cc(Br)ccc1OC.Cl. The second-order valence-corrected chi connectivity index (χ2v) is 5.70. The second kappa shape index (κ2) is 8.10. The van der Waals surface area contributed by atoms with Crippen molar-refractivity contribution < 1.29 is 4.74 Å². The van der Waals surface area contributed by atoms with Gasteiger partial charge < -0.3 is 10.1 Å². The van der Waals surface area contributed by atoms with E-state index in [-0.39, 0.29) is 12.4 Å². The van der Waals surface area contributed by atoms with Crippen molar-refractivity contribution in [1.29, 1.82) is 0 Å². The van der Waals surface area contributed by atoms with Crippen molar-refractivity contribution >= 4 is 28.3 Å². The van der Waals surface area contributed by atoms with Gasteiger partial charge in [0.05, 0.1) is 7.11 Å². The molecule has 0 saturated carbocycles. The Morgan fingerprint density at radius 2 is 2.26 bits per heavy atom. The molecule has 1 fully saturated rings. The van der Waals surface area contributed by atoms with E-state index >= 15 is 0 Å². The lowest BCUT2D eigenvalue weighted by atomic mass is 10.1. The van der Waals surface area contributed by atoms with E-state index in [0.29, 0.717) is 6.04 Å². The standard InChI is InChI=1S/C14H21BrN2O.ClH/c1-16-9-13-4-3-7-17(13)10-11-8-12(15)5-6-14(11)18-2;/h5-6,8,13,16H,3-4,7,9-10H2,1-2H3;1H. The van der Waals surface area contributed by atoms with E-state index in [1.54, 1.807) is 7.11 Å². The number of likely N-dealkylation sites (tertiary alicyclic amines) is 1. The van der Waals surface area contributed by atoms with Gasteiger partial charge >= 0.3 is 0 Å². The van der Waals surface area contributed by atoms with Crippen LogP contribution in [0.5, 0.6) is 5.75 Å². The maximum absolute atomic E-state index is 5.44. The van der Waals surface area contributed by atoms with Crippen LogP contribution in [0.3, 0.4) is 0 Å². The first-order valence-corrected chi connectivity index (χ1v) is 7.25. The molecule has 1 saturated heterocycles. The van der Waals surface area contributed by atoms with Crippen LogP contribution in [-0.2, 0) is 6.54 Å². The summed E-state index contributed by atoms with van der Waals surface area (Å²) in [5.74, 6) is 0.980.